The molecule has 0 aliphatic carbocycles. The van der Waals surface area contributed by atoms with E-state index >= 15 is 0 Å². The minimum atomic E-state index is -0.306. The number of benzene rings is 2. The number of aryl methyl sites for hydroxylation is 1. The largest absolute Gasteiger partial charge is 0.332 e. The summed E-state index contributed by atoms with van der Waals surface area (Å²) in [4.78, 5) is 0. The molecule has 0 aliphatic rings. The predicted octanol–water partition coefficient (Wildman–Crippen LogP) is 4.64. The van der Waals surface area contributed by atoms with Crippen LogP contribution in [0.5, 0.6) is 0 Å². The fourth-order valence-electron chi connectivity index (χ4n) is 2.65. The third-order valence-electron chi connectivity index (χ3n) is 3.94. The van der Waals surface area contributed by atoms with Crippen molar-refractivity contribution in [3.63, 3.8) is 0 Å². The van der Waals surface area contributed by atoms with Crippen molar-refractivity contribution in [2.45, 2.75) is 20.4 Å². The Morgan fingerprint density at radius 1 is 1.04 bits per heavy atom. The lowest BCUT2D eigenvalue weighted by Gasteiger charge is -2.11. The predicted molar refractivity (Wildman–Crippen MR) is 103 cm³/mol. The lowest BCUT2D eigenvalue weighted by molar-refractivity contribution is 0.616. The molecule has 0 saturated carbocycles. The van der Waals surface area contributed by atoms with Crippen molar-refractivity contribution < 1.29 is 8.78 Å². The zero-order chi connectivity index (χ0) is 18.7. The van der Waals surface area contributed by atoms with Crippen LogP contribution in [0, 0.1) is 25.5 Å². The number of nitrogens with zero attached hydrogens (tertiary/aromatic N) is 2. The van der Waals surface area contributed by atoms with Crippen LogP contribution < -0.4 is 10.6 Å². The van der Waals surface area contributed by atoms with Gasteiger partial charge in [0.05, 0.1) is 23.6 Å². The van der Waals surface area contributed by atoms with E-state index in [4.69, 9.17) is 12.2 Å². The number of anilines is 2. The monoisotopic (exact) mass is 372 g/mol. The van der Waals surface area contributed by atoms with Crippen LogP contribution in [0.25, 0.3) is 0 Å². The van der Waals surface area contributed by atoms with Crippen LogP contribution in [-0.2, 0) is 6.54 Å². The number of nitrogens with one attached hydrogen (secondary N) is 2. The first-order chi connectivity index (χ1) is 12.4. The highest BCUT2D eigenvalue weighted by molar-refractivity contribution is 7.80. The Bertz CT molecular complexity index is 935. The van der Waals surface area contributed by atoms with Crippen LogP contribution in [0.4, 0.5) is 20.2 Å². The van der Waals surface area contributed by atoms with Crippen LogP contribution in [0.15, 0.2) is 48.5 Å². The second kappa shape index (κ2) is 7.61. The number of aromatic nitrogens is 2. The first kappa shape index (κ1) is 18.0. The summed E-state index contributed by atoms with van der Waals surface area (Å²) in [7, 11) is 0. The molecule has 0 aliphatic heterocycles. The Kier molecular flexibility index (Phi) is 5.27. The van der Waals surface area contributed by atoms with Gasteiger partial charge in [0.2, 0.25) is 0 Å². The molecule has 0 saturated heterocycles. The number of hydrogen-bond acceptors (Lipinski definition) is 2. The van der Waals surface area contributed by atoms with E-state index in [0.717, 1.165) is 22.6 Å². The highest BCUT2D eigenvalue weighted by atomic mass is 32.1. The van der Waals surface area contributed by atoms with E-state index in [1.165, 1.54) is 24.3 Å². The lowest BCUT2D eigenvalue weighted by atomic mass is 10.2. The minimum Gasteiger partial charge on any atom is -0.332 e. The molecule has 3 rings (SSSR count). The summed E-state index contributed by atoms with van der Waals surface area (Å²) in [6.45, 7) is 4.25. The molecule has 1 aromatic heterocycles. The van der Waals surface area contributed by atoms with E-state index in [1.54, 1.807) is 22.9 Å². The van der Waals surface area contributed by atoms with Gasteiger partial charge in [0.25, 0.3) is 0 Å². The molecule has 0 atom stereocenters. The highest BCUT2D eigenvalue weighted by Crippen LogP contribution is 2.21. The Balaban J connectivity index is 1.73. The lowest BCUT2D eigenvalue weighted by Crippen LogP contribution is -2.20. The van der Waals surface area contributed by atoms with Gasteiger partial charge in [0, 0.05) is 5.69 Å². The molecule has 7 heteroatoms. The van der Waals surface area contributed by atoms with Crippen molar-refractivity contribution in [2.75, 3.05) is 10.6 Å². The van der Waals surface area contributed by atoms with Gasteiger partial charge in [-0.1, -0.05) is 12.1 Å². The molecule has 0 bridgehead atoms. The van der Waals surface area contributed by atoms with Gasteiger partial charge in [-0.3, -0.25) is 4.68 Å². The third-order valence-corrected chi connectivity index (χ3v) is 4.15. The smallest absolute Gasteiger partial charge is 0.175 e. The molecule has 0 spiro atoms. The Labute approximate surface area is 155 Å². The summed E-state index contributed by atoms with van der Waals surface area (Å²) >= 11 is 5.32. The molecule has 134 valence electrons. The summed E-state index contributed by atoms with van der Waals surface area (Å²) in [6, 6.07) is 12.4. The first-order valence-electron chi connectivity index (χ1n) is 8.04. The molecular weight excluding hydrogens is 354 g/mol. The van der Waals surface area contributed by atoms with Crippen molar-refractivity contribution in [3.05, 3.63) is 77.1 Å². The zero-order valence-corrected chi connectivity index (χ0v) is 15.2. The van der Waals surface area contributed by atoms with E-state index < -0.39 is 0 Å². The second-order valence-electron chi connectivity index (χ2n) is 5.92. The maximum absolute atomic E-state index is 13.4. The standard InChI is InChI=1S/C19H18F2N4S/c1-12-18(23-19(26)22-17-8-6-15(20)7-9-17)13(2)25(24-12)11-14-4-3-5-16(21)10-14/h3-10H,11H2,1-2H3,(H2,22,23,26). The molecule has 26 heavy (non-hydrogen) atoms. The van der Waals surface area contributed by atoms with Crippen LogP contribution in [-0.4, -0.2) is 14.9 Å². The SMILES string of the molecule is Cc1nn(Cc2cccc(F)c2)c(C)c1NC(=S)Nc1ccc(F)cc1. The van der Waals surface area contributed by atoms with Gasteiger partial charge >= 0.3 is 0 Å². The quantitative estimate of drug-likeness (QED) is 0.655. The number of rotatable bonds is 4. The van der Waals surface area contributed by atoms with Crippen molar-refractivity contribution >= 4 is 28.7 Å². The minimum absolute atomic E-state index is 0.271. The van der Waals surface area contributed by atoms with E-state index in [1.807, 2.05) is 19.9 Å². The van der Waals surface area contributed by atoms with Crippen LogP contribution in [0.3, 0.4) is 0 Å². The van der Waals surface area contributed by atoms with Crippen molar-refractivity contribution in [1.82, 2.24) is 9.78 Å². The van der Waals surface area contributed by atoms with Crippen LogP contribution in [0.2, 0.25) is 0 Å². The average Bonchev–Trinajstić information content (AvgIpc) is 2.84. The van der Waals surface area contributed by atoms with Gasteiger partial charge in [-0.2, -0.15) is 5.10 Å². The second-order valence-corrected chi connectivity index (χ2v) is 6.33. The van der Waals surface area contributed by atoms with Crippen molar-refractivity contribution in [3.8, 4) is 0 Å². The van der Waals surface area contributed by atoms with E-state index in [-0.39, 0.29) is 11.6 Å². The van der Waals surface area contributed by atoms with E-state index in [0.29, 0.717) is 17.3 Å². The fraction of sp³-hybridized carbons (Fsp3) is 0.158. The first-order valence-corrected chi connectivity index (χ1v) is 8.45. The maximum atomic E-state index is 13.4. The summed E-state index contributed by atoms with van der Waals surface area (Å²) in [5.74, 6) is -0.577. The van der Waals surface area contributed by atoms with Gasteiger partial charge in [-0.05, 0) is 68.0 Å². The normalized spacial score (nSPS) is 10.6. The average molecular weight is 372 g/mol. The van der Waals surface area contributed by atoms with Gasteiger partial charge in [0.1, 0.15) is 11.6 Å². The molecule has 2 N–H and O–H groups in total. The topological polar surface area (TPSA) is 41.9 Å². The highest BCUT2D eigenvalue weighted by Gasteiger charge is 2.13. The van der Waals surface area contributed by atoms with Crippen LogP contribution >= 0.6 is 12.2 Å². The van der Waals surface area contributed by atoms with Gasteiger partial charge < -0.3 is 10.6 Å². The Morgan fingerprint density at radius 2 is 1.77 bits per heavy atom. The molecule has 0 radical (unpaired) electrons. The molecule has 4 nitrogen and oxygen atoms in total. The van der Waals surface area contributed by atoms with Gasteiger partial charge in [-0.25, -0.2) is 8.78 Å². The van der Waals surface area contributed by atoms with Crippen molar-refractivity contribution in [2.24, 2.45) is 0 Å². The molecule has 0 unspecified atom stereocenters. The number of thiocarbonyl (C=S) groups is 1. The molecule has 0 amide bonds. The fourth-order valence-corrected chi connectivity index (χ4v) is 2.87. The van der Waals surface area contributed by atoms with Gasteiger partial charge in [-0.15, -0.1) is 0 Å². The molecule has 0 fully saturated rings. The number of halogens is 2. The summed E-state index contributed by atoms with van der Waals surface area (Å²) in [5, 5.41) is 11.0. The number of hydrogen-bond donors (Lipinski definition) is 2. The van der Waals surface area contributed by atoms with E-state index in [2.05, 4.69) is 15.7 Å². The van der Waals surface area contributed by atoms with Gasteiger partial charge in [0.15, 0.2) is 5.11 Å². The Morgan fingerprint density at radius 3 is 2.46 bits per heavy atom. The molecule has 2 aromatic carbocycles. The molecule has 1 heterocycles. The van der Waals surface area contributed by atoms with E-state index in [9.17, 15) is 8.78 Å². The molecular formula is C19H18F2N4S. The zero-order valence-electron chi connectivity index (χ0n) is 14.4. The summed E-state index contributed by atoms with van der Waals surface area (Å²) in [6.07, 6.45) is 0. The summed E-state index contributed by atoms with van der Waals surface area (Å²) < 4.78 is 28.1. The van der Waals surface area contributed by atoms with Crippen molar-refractivity contribution in [1.29, 1.82) is 0 Å². The Hall–Kier alpha value is -2.80. The van der Waals surface area contributed by atoms with Crippen LogP contribution in [0.1, 0.15) is 17.0 Å². The third kappa shape index (κ3) is 4.23. The maximum Gasteiger partial charge on any atom is 0.175 e. The molecule has 3 aromatic rings. The summed E-state index contributed by atoms with van der Waals surface area (Å²) in [5.41, 5.74) is 3.97.